The van der Waals surface area contributed by atoms with Crippen LogP contribution in [0.25, 0.3) is 11.3 Å². The second-order valence-corrected chi connectivity index (χ2v) is 5.62. The van der Waals surface area contributed by atoms with Crippen LogP contribution in [0.15, 0.2) is 36.4 Å². The fraction of sp³-hybridized carbons (Fsp3) is 0.286. The average Bonchev–Trinajstić information content (AvgIpc) is 2.48. The van der Waals surface area contributed by atoms with Crippen LogP contribution in [0.5, 0.6) is 5.75 Å². The van der Waals surface area contributed by atoms with E-state index in [2.05, 4.69) is 10.2 Å². The van der Waals surface area contributed by atoms with Gasteiger partial charge in [0.2, 0.25) is 0 Å². The van der Waals surface area contributed by atoms with Crippen LogP contribution in [0.3, 0.4) is 0 Å². The summed E-state index contributed by atoms with van der Waals surface area (Å²) < 4.78 is 21.2. The molecule has 0 saturated carbocycles. The van der Waals surface area contributed by atoms with Crippen LogP contribution in [-0.4, -0.2) is 33.9 Å². The van der Waals surface area contributed by atoms with Crippen LogP contribution in [0.4, 0.5) is 0 Å². The Morgan fingerprint density at radius 3 is 2.48 bits per heavy atom. The largest absolute Gasteiger partial charge is 0.494 e. The first-order valence-electron chi connectivity index (χ1n) is 6.34. The zero-order valence-electron chi connectivity index (χ0n) is 11.5. The summed E-state index contributed by atoms with van der Waals surface area (Å²) in [6.45, 7) is 0.929. The lowest BCUT2D eigenvalue weighted by molar-refractivity contribution is 0.261. The number of ether oxygens (including phenoxy) is 1. The molecule has 2 aromatic rings. The van der Waals surface area contributed by atoms with Crippen molar-refractivity contribution in [3.63, 3.8) is 0 Å². The molecule has 1 atom stereocenters. The third-order valence-corrected chi connectivity index (χ3v) is 3.29. The van der Waals surface area contributed by atoms with Crippen molar-refractivity contribution >= 4 is 22.7 Å². The first kappa shape index (κ1) is 15.9. The van der Waals surface area contributed by atoms with E-state index in [1.54, 1.807) is 6.07 Å². The fourth-order valence-electron chi connectivity index (χ4n) is 1.62. The summed E-state index contributed by atoms with van der Waals surface area (Å²) in [6, 6.07) is 11.1. The Morgan fingerprint density at radius 1 is 1.10 bits per heavy atom. The van der Waals surface area contributed by atoms with Crippen LogP contribution >= 0.6 is 11.6 Å². The van der Waals surface area contributed by atoms with Gasteiger partial charge in [-0.25, -0.2) is 4.21 Å². The van der Waals surface area contributed by atoms with Gasteiger partial charge in [-0.3, -0.25) is 4.18 Å². The van der Waals surface area contributed by atoms with Crippen molar-refractivity contribution < 1.29 is 13.1 Å². The second-order valence-electron chi connectivity index (χ2n) is 4.19. The van der Waals surface area contributed by atoms with E-state index in [9.17, 15) is 4.21 Å². The van der Waals surface area contributed by atoms with Crippen molar-refractivity contribution in [2.24, 2.45) is 0 Å². The molecular weight excluding hydrogens is 312 g/mol. The van der Waals surface area contributed by atoms with Crippen molar-refractivity contribution in [1.82, 2.24) is 10.2 Å². The molecule has 0 amide bonds. The molecular formula is C14H15ClN2O3S. The molecule has 0 N–H and O–H groups in total. The van der Waals surface area contributed by atoms with Gasteiger partial charge in [-0.1, -0.05) is 11.6 Å². The smallest absolute Gasteiger partial charge is 0.152 e. The molecule has 0 aliphatic rings. The molecule has 112 valence electrons. The standard InChI is InChI=1S/C14H15ClN2O3S/c1-21(18)20-10-2-9-19-12-5-3-11(4-6-12)13-7-8-14(15)17-16-13/h3-8H,2,9-10H2,1H3. The Hall–Kier alpha value is -1.50. The van der Waals surface area contributed by atoms with Gasteiger partial charge in [0.1, 0.15) is 5.75 Å². The molecule has 0 fully saturated rings. The molecule has 1 heterocycles. The van der Waals surface area contributed by atoms with E-state index in [1.807, 2.05) is 30.3 Å². The highest BCUT2D eigenvalue weighted by molar-refractivity contribution is 7.79. The van der Waals surface area contributed by atoms with Crippen LogP contribution in [-0.2, 0) is 15.3 Å². The van der Waals surface area contributed by atoms with E-state index in [1.165, 1.54) is 6.26 Å². The molecule has 21 heavy (non-hydrogen) atoms. The number of halogens is 1. The predicted octanol–water partition coefficient (Wildman–Crippen LogP) is 2.88. The van der Waals surface area contributed by atoms with Gasteiger partial charge in [-0.05, 0) is 36.4 Å². The molecule has 0 saturated heterocycles. The van der Waals surface area contributed by atoms with Crippen molar-refractivity contribution in [3.05, 3.63) is 41.6 Å². The van der Waals surface area contributed by atoms with Gasteiger partial charge in [-0.15, -0.1) is 10.2 Å². The molecule has 0 bridgehead atoms. The second kappa shape index (κ2) is 8.07. The summed E-state index contributed by atoms with van der Waals surface area (Å²) in [7, 11) is 0. The maximum absolute atomic E-state index is 10.7. The fourth-order valence-corrected chi connectivity index (χ4v) is 2.07. The van der Waals surface area contributed by atoms with Crippen LogP contribution < -0.4 is 4.74 Å². The first-order chi connectivity index (χ1) is 10.1. The quantitative estimate of drug-likeness (QED) is 0.732. The zero-order chi connectivity index (χ0) is 15.1. The molecule has 7 heteroatoms. The minimum Gasteiger partial charge on any atom is -0.494 e. The molecule has 2 rings (SSSR count). The molecule has 0 spiro atoms. The highest BCUT2D eigenvalue weighted by Crippen LogP contribution is 2.20. The van der Waals surface area contributed by atoms with Gasteiger partial charge >= 0.3 is 0 Å². The maximum Gasteiger partial charge on any atom is 0.152 e. The van der Waals surface area contributed by atoms with Crippen LogP contribution in [0, 0.1) is 0 Å². The van der Waals surface area contributed by atoms with Gasteiger partial charge in [-0.2, -0.15) is 0 Å². The predicted molar refractivity (Wildman–Crippen MR) is 82.6 cm³/mol. The molecule has 0 aliphatic heterocycles. The normalized spacial score (nSPS) is 12.1. The summed E-state index contributed by atoms with van der Waals surface area (Å²) >= 11 is 4.49. The Balaban J connectivity index is 1.84. The summed E-state index contributed by atoms with van der Waals surface area (Å²) in [6.07, 6.45) is 2.18. The van der Waals surface area contributed by atoms with E-state index >= 15 is 0 Å². The number of rotatable bonds is 7. The van der Waals surface area contributed by atoms with Gasteiger partial charge in [0.25, 0.3) is 0 Å². The third kappa shape index (κ3) is 5.41. The minimum atomic E-state index is -1.22. The Labute approximate surface area is 130 Å². The van der Waals surface area contributed by atoms with Crippen molar-refractivity contribution in [2.75, 3.05) is 19.5 Å². The van der Waals surface area contributed by atoms with E-state index < -0.39 is 11.1 Å². The lowest BCUT2D eigenvalue weighted by atomic mass is 10.1. The van der Waals surface area contributed by atoms with Gasteiger partial charge in [0.05, 0.1) is 18.9 Å². The van der Waals surface area contributed by atoms with Crippen LogP contribution in [0.1, 0.15) is 6.42 Å². The minimum absolute atomic E-state index is 0.369. The summed E-state index contributed by atoms with van der Waals surface area (Å²) in [5, 5.41) is 8.19. The molecule has 0 aliphatic carbocycles. The topological polar surface area (TPSA) is 61.3 Å². The number of aromatic nitrogens is 2. The monoisotopic (exact) mass is 326 g/mol. The van der Waals surface area contributed by atoms with Gasteiger partial charge in [0, 0.05) is 18.2 Å². The van der Waals surface area contributed by atoms with E-state index in [0.29, 0.717) is 24.8 Å². The van der Waals surface area contributed by atoms with Crippen molar-refractivity contribution in [3.8, 4) is 17.0 Å². The Morgan fingerprint density at radius 2 is 1.86 bits per heavy atom. The lowest BCUT2D eigenvalue weighted by Gasteiger charge is -2.07. The molecule has 1 unspecified atom stereocenters. The van der Waals surface area contributed by atoms with Crippen molar-refractivity contribution in [1.29, 1.82) is 0 Å². The van der Waals surface area contributed by atoms with Gasteiger partial charge < -0.3 is 4.74 Å². The summed E-state index contributed by atoms with van der Waals surface area (Å²) in [5.41, 5.74) is 1.70. The van der Waals surface area contributed by atoms with E-state index in [-0.39, 0.29) is 0 Å². The number of hydrogen-bond donors (Lipinski definition) is 0. The van der Waals surface area contributed by atoms with Crippen molar-refractivity contribution in [2.45, 2.75) is 6.42 Å². The Bertz CT molecular complexity index is 590. The Kier molecular flexibility index (Phi) is 6.10. The number of hydrogen-bond acceptors (Lipinski definition) is 5. The number of benzene rings is 1. The van der Waals surface area contributed by atoms with E-state index in [4.69, 9.17) is 20.5 Å². The molecule has 0 radical (unpaired) electrons. The highest BCUT2D eigenvalue weighted by atomic mass is 35.5. The lowest BCUT2D eigenvalue weighted by Crippen LogP contribution is -2.04. The molecule has 1 aromatic heterocycles. The highest BCUT2D eigenvalue weighted by Gasteiger charge is 2.01. The number of nitrogens with zero attached hydrogens (tertiary/aromatic N) is 2. The zero-order valence-corrected chi connectivity index (χ0v) is 13.1. The molecule has 5 nitrogen and oxygen atoms in total. The van der Waals surface area contributed by atoms with Gasteiger partial charge in [0.15, 0.2) is 16.2 Å². The third-order valence-electron chi connectivity index (χ3n) is 2.59. The first-order valence-corrected chi connectivity index (χ1v) is 8.20. The van der Waals surface area contributed by atoms with E-state index in [0.717, 1.165) is 17.0 Å². The van der Waals surface area contributed by atoms with Crippen LogP contribution in [0.2, 0.25) is 5.15 Å². The average molecular weight is 327 g/mol. The summed E-state index contributed by atoms with van der Waals surface area (Å²) in [5.74, 6) is 0.762. The summed E-state index contributed by atoms with van der Waals surface area (Å²) in [4.78, 5) is 0. The molecule has 1 aromatic carbocycles. The maximum atomic E-state index is 10.7. The SMILES string of the molecule is CS(=O)OCCCOc1ccc(-c2ccc(Cl)nn2)cc1.